The number of aryl methyl sites for hydroxylation is 1. The third-order valence-corrected chi connectivity index (χ3v) is 4.54. The monoisotopic (exact) mass is 377 g/mol. The minimum Gasteiger partial charge on any atom is -0.748 e. The predicted octanol–water partition coefficient (Wildman–Crippen LogP) is 1.78. The summed E-state index contributed by atoms with van der Waals surface area (Å²) in [6, 6.07) is 11.4. The van der Waals surface area contributed by atoms with Gasteiger partial charge in [0.1, 0.15) is 18.0 Å². The molecule has 1 heterocycles. The van der Waals surface area contributed by atoms with Crippen LogP contribution in [0.1, 0.15) is 18.4 Å². The zero-order valence-electron chi connectivity index (χ0n) is 14.9. The van der Waals surface area contributed by atoms with Crippen LogP contribution in [0, 0.1) is 0 Å². The lowest BCUT2D eigenvalue weighted by Gasteiger charge is -2.15. The molecular formula is C18H23N3O4S. The lowest BCUT2D eigenvalue weighted by atomic mass is 10.3. The van der Waals surface area contributed by atoms with Crippen molar-refractivity contribution >= 4 is 22.0 Å². The molecule has 0 fully saturated rings. The van der Waals surface area contributed by atoms with E-state index in [9.17, 15) is 13.0 Å². The molecule has 0 aliphatic rings. The van der Waals surface area contributed by atoms with Gasteiger partial charge in [0.05, 0.1) is 29.0 Å². The molecule has 0 bridgehead atoms. The standard InChI is InChI=1S/C18H23N3O4S/c1-20(17-9-3-4-10-18(17)25-2)19-14-16-8-7-12-21(15-16)11-5-6-13-26(22,23)24/h3-4,7-10,12,14-15H,5-6,11,13H2,1-2H3. The molecule has 140 valence electrons. The van der Waals surface area contributed by atoms with E-state index in [2.05, 4.69) is 5.10 Å². The second-order valence-electron chi connectivity index (χ2n) is 5.78. The summed E-state index contributed by atoms with van der Waals surface area (Å²) in [4.78, 5) is 0. The summed E-state index contributed by atoms with van der Waals surface area (Å²) in [7, 11) is -0.672. The Morgan fingerprint density at radius 3 is 2.73 bits per heavy atom. The topological polar surface area (TPSA) is 85.9 Å². The number of para-hydroxylation sites is 2. The maximum Gasteiger partial charge on any atom is 0.177 e. The van der Waals surface area contributed by atoms with Crippen LogP contribution in [0.3, 0.4) is 0 Å². The summed E-state index contributed by atoms with van der Waals surface area (Å²) in [5.74, 6) is 0.418. The molecular weight excluding hydrogens is 354 g/mol. The number of aromatic nitrogens is 1. The fraction of sp³-hybridized carbons (Fsp3) is 0.333. The van der Waals surface area contributed by atoms with Crippen molar-refractivity contribution in [3.8, 4) is 5.75 Å². The van der Waals surface area contributed by atoms with E-state index in [1.807, 2.05) is 60.4 Å². The number of rotatable bonds is 9. The van der Waals surface area contributed by atoms with Crippen LogP contribution in [0.5, 0.6) is 5.75 Å². The third kappa shape index (κ3) is 6.45. The number of methoxy groups -OCH3 is 1. The minimum absolute atomic E-state index is 0.321. The Balaban J connectivity index is 1.98. The van der Waals surface area contributed by atoms with Crippen LogP contribution in [0.4, 0.5) is 5.69 Å². The Hall–Kier alpha value is -2.45. The summed E-state index contributed by atoms with van der Waals surface area (Å²) in [6.45, 7) is 0.638. The molecule has 7 nitrogen and oxygen atoms in total. The van der Waals surface area contributed by atoms with Gasteiger partial charge in [-0.15, -0.1) is 0 Å². The average molecular weight is 377 g/mol. The van der Waals surface area contributed by atoms with Gasteiger partial charge in [-0.3, -0.25) is 5.01 Å². The highest BCUT2D eigenvalue weighted by molar-refractivity contribution is 7.85. The highest BCUT2D eigenvalue weighted by atomic mass is 32.2. The first-order valence-corrected chi connectivity index (χ1v) is 9.80. The molecule has 26 heavy (non-hydrogen) atoms. The van der Waals surface area contributed by atoms with Gasteiger partial charge >= 0.3 is 0 Å². The van der Waals surface area contributed by atoms with Crippen LogP contribution < -0.4 is 14.3 Å². The first kappa shape index (κ1) is 19.9. The molecule has 2 rings (SSSR count). The first-order chi connectivity index (χ1) is 12.4. The van der Waals surface area contributed by atoms with E-state index in [0.717, 1.165) is 17.0 Å². The number of benzene rings is 1. The van der Waals surface area contributed by atoms with E-state index in [1.165, 1.54) is 0 Å². The van der Waals surface area contributed by atoms with Crippen molar-refractivity contribution in [2.24, 2.45) is 5.10 Å². The van der Waals surface area contributed by atoms with Gasteiger partial charge in [-0.1, -0.05) is 12.1 Å². The minimum atomic E-state index is -4.13. The van der Waals surface area contributed by atoms with Crippen LogP contribution in [0.15, 0.2) is 53.9 Å². The maximum atomic E-state index is 10.6. The summed E-state index contributed by atoms with van der Waals surface area (Å²) in [5.41, 5.74) is 1.76. The van der Waals surface area contributed by atoms with E-state index >= 15 is 0 Å². The summed E-state index contributed by atoms with van der Waals surface area (Å²) in [5, 5.41) is 6.17. The SMILES string of the molecule is COc1ccccc1N(C)N=Cc1ccc[n+](CCCCS(=O)(=O)[O-])c1. The van der Waals surface area contributed by atoms with Gasteiger partial charge in [0.25, 0.3) is 0 Å². The Morgan fingerprint density at radius 1 is 1.23 bits per heavy atom. The molecule has 8 heteroatoms. The third-order valence-electron chi connectivity index (χ3n) is 3.76. The Labute approximate surface area is 154 Å². The Morgan fingerprint density at radius 2 is 2.00 bits per heavy atom. The second kappa shape index (κ2) is 9.30. The molecule has 1 aromatic carbocycles. The van der Waals surface area contributed by atoms with Crippen LogP contribution in [-0.4, -0.2) is 39.1 Å². The number of hydrogen-bond donors (Lipinski definition) is 0. The van der Waals surface area contributed by atoms with Crippen LogP contribution in [0.2, 0.25) is 0 Å². The van der Waals surface area contributed by atoms with Crippen molar-refractivity contribution in [1.29, 1.82) is 0 Å². The molecule has 0 unspecified atom stereocenters. The summed E-state index contributed by atoms with van der Waals surface area (Å²) >= 11 is 0. The fourth-order valence-electron chi connectivity index (χ4n) is 2.44. The van der Waals surface area contributed by atoms with Crippen molar-refractivity contribution in [2.45, 2.75) is 19.4 Å². The average Bonchev–Trinajstić information content (AvgIpc) is 2.63. The molecule has 1 aromatic heterocycles. The van der Waals surface area contributed by atoms with Gasteiger partial charge in [-0.25, -0.2) is 13.0 Å². The molecule has 0 N–H and O–H groups in total. The van der Waals surface area contributed by atoms with Gasteiger partial charge in [0.15, 0.2) is 12.4 Å². The number of unbranched alkanes of at least 4 members (excludes halogenated alkanes) is 1. The molecule has 0 spiro atoms. The molecule has 0 aliphatic carbocycles. The largest absolute Gasteiger partial charge is 0.748 e. The van der Waals surface area contributed by atoms with Crippen LogP contribution in [-0.2, 0) is 16.7 Å². The van der Waals surface area contributed by atoms with Gasteiger partial charge < -0.3 is 9.29 Å². The van der Waals surface area contributed by atoms with Gasteiger partial charge in [0, 0.05) is 25.3 Å². The number of nitrogens with zero attached hydrogens (tertiary/aromatic N) is 3. The quantitative estimate of drug-likeness (QED) is 0.219. The summed E-state index contributed by atoms with van der Waals surface area (Å²) in [6.07, 6.45) is 6.53. The number of pyridine rings is 1. The maximum absolute atomic E-state index is 10.6. The molecule has 0 saturated carbocycles. The van der Waals surface area contributed by atoms with Crippen molar-refractivity contribution in [2.75, 3.05) is 24.9 Å². The first-order valence-electron chi connectivity index (χ1n) is 8.22. The zero-order chi connectivity index (χ0) is 19.0. The molecule has 0 atom stereocenters. The molecule has 0 saturated heterocycles. The smallest absolute Gasteiger partial charge is 0.177 e. The van der Waals surface area contributed by atoms with Crippen molar-refractivity contribution in [3.05, 3.63) is 54.4 Å². The number of hydrazone groups is 1. The van der Waals surface area contributed by atoms with Crippen molar-refractivity contribution < 1.29 is 22.3 Å². The number of hydrogen-bond acceptors (Lipinski definition) is 6. The van der Waals surface area contributed by atoms with Crippen molar-refractivity contribution in [1.82, 2.24) is 0 Å². The predicted molar refractivity (Wildman–Crippen MR) is 99.4 cm³/mol. The van der Waals surface area contributed by atoms with Gasteiger partial charge in [-0.2, -0.15) is 5.10 Å². The normalized spacial score (nSPS) is 11.7. The highest BCUT2D eigenvalue weighted by Gasteiger charge is 2.06. The Kier molecular flexibility index (Phi) is 7.11. The fourth-order valence-corrected chi connectivity index (χ4v) is 3.00. The van der Waals surface area contributed by atoms with E-state index in [1.54, 1.807) is 18.3 Å². The van der Waals surface area contributed by atoms with E-state index in [-0.39, 0.29) is 5.75 Å². The van der Waals surface area contributed by atoms with E-state index in [4.69, 9.17) is 4.74 Å². The zero-order valence-corrected chi connectivity index (χ0v) is 15.7. The number of ether oxygens (including phenoxy) is 1. The molecule has 0 radical (unpaired) electrons. The van der Waals surface area contributed by atoms with E-state index in [0.29, 0.717) is 19.4 Å². The van der Waals surface area contributed by atoms with Gasteiger partial charge in [-0.05, 0) is 24.6 Å². The van der Waals surface area contributed by atoms with Crippen molar-refractivity contribution in [3.63, 3.8) is 0 Å². The lowest BCUT2D eigenvalue weighted by molar-refractivity contribution is -0.697. The van der Waals surface area contributed by atoms with Crippen LogP contribution >= 0.6 is 0 Å². The Bertz CT molecular complexity index is 853. The second-order valence-corrected chi connectivity index (χ2v) is 7.31. The van der Waals surface area contributed by atoms with E-state index < -0.39 is 10.1 Å². The molecule has 0 aliphatic heterocycles. The molecule has 0 amide bonds. The van der Waals surface area contributed by atoms with Crippen LogP contribution in [0.25, 0.3) is 0 Å². The highest BCUT2D eigenvalue weighted by Crippen LogP contribution is 2.26. The lowest BCUT2D eigenvalue weighted by Crippen LogP contribution is -2.33. The molecule has 2 aromatic rings. The number of anilines is 1. The van der Waals surface area contributed by atoms with Gasteiger partial charge in [0.2, 0.25) is 0 Å². The summed E-state index contributed by atoms with van der Waals surface area (Å²) < 4.78 is 39.1.